The summed E-state index contributed by atoms with van der Waals surface area (Å²) in [6, 6.07) is -1.01. The Bertz CT molecular complexity index is 1110. The van der Waals surface area contributed by atoms with E-state index in [0.717, 1.165) is 38.5 Å². The molecule has 0 aliphatic heterocycles. The number of carbonyl (C=O) groups excluding carboxylic acids is 1. The lowest BCUT2D eigenvalue weighted by molar-refractivity contribution is -0.132. The van der Waals surface area contributed by atoms with Gasteiger partial charge in [0, 0.05) is 0 Å². The van der Waals surface area contributed by atoms with E-state index in [4.69, 9.17) is 0 Å². The molecule has 0 aromatic carbocycles. The molecule has 6 nitrogen and oxygen atoms in total. The summed E-state index contributed by atoms with van der Waals surface area (Å²) >= 11 is 0. The summed E-state index contributed by atoms with van der Waals surface area (Å²) in [5, 5.41) is 44.0. The molecule has 6 heteroatoms. The minimum atomic E-state index is -1.29. The number of hydrogen-bond acceptors (Lipinski definition) is 5. The second kappa shape index (κ2) is 58.4. The molecule has 5 N–H and O–H groups in total. The van der Waals surface area contributed by atoms with Crippen molar-refractivity contribution in [2.45, 2.75) is 359 Å². The van der Waals surface area contributed by atoms with E-state index < -0.39 is 36.9 Å². The van der Waals surface area contributed by atoms with Crippen LogP contribution in [0.1, 0.15) is 335 Å². The monoisotopic (exact) mass is 986 g/mol. The van der Waals surface area contributed by atoms with Crippen LogP contribution in [0, 0.1) is 0 Å². The van der Waals surface area contributed by atoms with Gasteiger partial charge in [0.15, 0.2) is 0 Å². The Kier molecular flexibility index (Phi) is 57.2. The molecule has 1 amide bonds. The van der Waals surface area contributed by atoms with Gasteiger partial charge in [-0.25, -0.2) is 0 Å². The zero-order valence-electron chi connectivity index (χ0n) is 47.0. The number of allylic oxidation sites excluding steroid dienone is 6. The fraction of sp³-hybridized carbons (Fsp3) is 0.891. The Hall–Kier alpha value is -1.47. The van der Waals surface area contributed by atoms with Gasteiger partial charge in [0.1, 0.15) is 12.2 Å². The van der Waals surface area contributed by atoms with Crippen molar-refractivity contribution in [2.24, 2.45) is 0 Å². The zero-order chi connectivity index (χ0) is 50.9. The van der Waals surface area contributed by atoms with Gasteiger partial charge < -0.3 is 25.7 Å². The second-order valence-corrected chi connectivity index (χ2v) is 21.7. The fourth-order valence-corrected chi connectivity index (χ4v) is 9.89. The molecule has 414 valence electrons. The molecule has 0 saturated carbocycles. The predicted molar refractivity (Wildman–Crippen MR) is 307 cm³/mol. The minimum absolute atomic E-state index is 0.362. The molecule has 0 spiro atoms. The van der Waals surface area contributed by atoms with Crippen LogP contribution in [-0.4, -0.2) is 57.3 Å². The van der Waals surface area contributed by atoms with E-state index in [1.165, 1.54) is 263 Å². The van der Waals surface area contributed by atoms with Crippen molar-refractivity contribution >= 4 is 5.91 Å². The SMILES string of the molecule is CCCCCCCCCCC/C=C/CC/C=C/CCCC(O)C(O)C(CO)NC(=O)C(O)CCCCCCCCCCCCCCCCCC/C=C\CCCCCCCCCCCCCCCCCC. The van der Waals surface area contributed by atoms with Gasteiger partial charge in [0.25, 0.3) is 0 Å². The van der Waals surface area contributed by atoms with Crippen LogP contribution in [0.2, 0.25) is 0 Å². The maximum absolute atomic E-state index is 12.6. The summed E-state index contributed by atoms with van der Waals surface area (Å²) in [6.07, 6.45) is 73.9. The van der Waals surface area contributed by atoms with E-state index in [-0.39, 0.29) is 0 Å². The summed E-state index contributed by atoms with van der Waals surface area (Å²) in [6.45, 7) is 4.07. The van der Waals surface area contributed by atoms with Crippen LogP contribution in [0.25, 0.3) is 0 Å². The van der Waals surface area contributed by atoms with Crippen LogP contribution in [-0.2, 0) is 4.79 Å². The third-order valence-electron chi connectivity index (χ3n) is 14.8. The number of aliphatic hydroxyl groups excluding tert-OH is 4. The van der Waals surface area contributed by atoms with Crippen LogP contribution >= 0.6 is 0 Å². The lowest BCUT2D eigenvalue weighted by Crippen LogP contribution is -2.53. The van der Waals surface area contributed by atoms with Gasteiger partial charge in [-0.1, -0.05) is 294 Å². The van der Waals surface area contributed by atoms with Gasteiger partial charge in [0.05, 0.1) is 18.8 Å². The maximum atomic E-state index is 12.6. The lowest BCUT2D eigenvalue weighted by Gasteiger charge is -2.27. The topological polar surface area (TPSA) is 110 Å². The Balaban J connectivity index is 3.56. The standard InChI is InChI=1S/C64H123NO5/c1-3-5-7-9-11-13-15-17-19-21-23-24-25-26-27-28-29-30-31-32-33-34-35-36-37-38-39-40-42-44-46-48-50-52-54-56-58-62(68)64(70)65-60(59-66)63(69)61(67)57-55-53-51-49-47-45-43-41-22-20-18-16-14-12-10-8-6-4-2/h30-31,41,43,49,51,60-63,66-69H,3-29,32-40,42,44-48,50,52-59H2,1-2H3,(H,65,70)/b31-30-,43-41+,51-49+. The van der Waals surface area contributed by atoms with E-state index in [9.17, 15) is 25.2 Å². The molecular weight excluding hydrogens is 863 g/mol. The molecular formula is C64H123NO5. The Labute approximate surface area is 437 Å². The van der Waals surface area contributed by atoms with Crippen molar-refractivity contribution in [1.82, 2.24) is 5.32 Å². The average Bonchev–Trinajstić information content (AvgIpc) is 3.36. The van der Waals surface area contributed by atoms with Gasteiger partial charge in [-0.15, -0.1) is 0 Å². The highest BCUT2D eigenvalue weighted by Crippen LogP contribution is 2.18. The highest BCUT2D eigenvalue weighted by molar-refractivity contribution is 5.80. The molecule has 0 bridgehead atoms. The molecule has 0 aromatic rings. The first kappa shape index (κ1) is 68.5. The first-order valence-electron chi connectivity index (χ1n) is 31.4. The van der Waals surface area contributed by atoms with Crippen LogP contribution < -0.4 is 5.32 Å². The number of carbonyl (C=O) groups is 1. The third-order valence-corrected chi connectivity index (χ3v) is 14.8. The van der Waals surface area contributed by atoms with E-state index in [2.05, 4.69) is 55.6 Å². The first-order valence-corrected chi connectivity index (χ1v) is 31.4. The van der Waals surface area contributed by atoms with Crippen molar-refractivity contribution in [2.75, 3.05) is 6.61 Å². The largest absolute Gasteiger partial charge is 0.394 e. The Morgan fingerprint density at radius 3 is 0.900 bits per heavy atom. The molecule has 0 radical (unpaired) electrons. The van der Waals surface area contributed by atoms with Gasteiger partial charge in [-0.05, 0) is 77.0 Å². The quantitative estimate of drug-likeness (QED) is 0.0308. The highest BCUT2D eigenvalue weighted by atomic mass is 16.3. The minimum Gasteiger partial charge on any atom is -0.394 e. The van der Waals surface area contributed by atoms with Crippen LogP contribution in [0.3, 0.4) is 0 Å². The molecule has 0 fully saturated rings. The highest BCUT2D eigenvalue weighted by Gasteiger charge is 2.28. The van der Waals surface area contributed by atoms with Gasteiger partial charge in [0.2, 0.25) is 5.91 Å². The summed E-state index contributed by atoms with van der Waals surface area (Å²) < 4.78 is 0. The molecule has 0 heterocycles. The number of rotatable bonds is 58. The summed E-state index contributed by atoms with van der Waals surface area (Å²) in [4.78, 5) is 12.6. The zero-order valence-corrected chi connectivity index (χ0v) is 47.0. The molecule has 0 saturated heterocycles. The molecule has 0 rings (SSSR count). The van der Waals surface area contributed by atoms with Crippen LogP contribution in [0.5, 0.6) is 0 Å². The van der Waals surface area contributed by atoms with E-state index in [0.29, 0.717) is 19.3 Å². The molecule has 0 aliphatic carbocycles. The molecule has 4 atom stereocenters. The summed E-state index contributed by atoms with van der Waals surface area (Å²) in [7, 11) is 0. The third kappa shape index (κ3) is 51.4. The van der Waals surface area contributed by atoms with Crippen molar-refractivity contribution in [3.05, 3.63) is 36.5 Å². The van der Waals surface area contributed by atoms with Crippen molar-refractivity contribution in [3.8, 4) is 0 Å². The molecule has 4 unspecified atom stereocenters. The predicted octanol–water partition coefficient (Wildman–Crippen LogP) is 18.8. The van der Waals surface area contributed by atoms with Gasteiger partial charge in [-0.3, -0.25) is 4.79 Å². The fourth-order valence-electron chi connectivity index (χ4n) is 9.89. The lowest BCUT2D eigenvalue weighted by atomic mass is 10.00. The van der Waals surface area contributed by atoms with Crippen molar-refractivity contribution in [1.29, 1.82) is 0 Å². The summed E-state index contributed by atoms with van der Waals surface area (Å²) in [5.74, 6) is -0.593. The molecule has 70 heavy (non-hydrogen) atoms. The van der Waals surface area contributed by atoms with E-state index >= 15 is 0 Å². The van der Waals surface area contributed by atoms with E-state index in [1.54, 1.807) is 0 Å². The second-order valence-electron chi connectivity index (χ2n) is 21.7. The molecule has 0 aromatic heterocycles. The smallest absolute Gasteiger partial charge is 0.249 e. The maximum Gasteiger partial charge on any atom is 0.249 e. The molecule has 0 aliphatic rings. The first-order chi connectivity index (χ1) is 34.5. The van der Waals surface area contributed by atoms with Crippen molar-refractivity contribution in [3.63, 3.8) is 0 Å². The number of aliphatic hydroxyl groups is 4. The number of hydrogen-bond donors (Lipinski definition) is 5. The summed E-state index contributed by atoms with van der Waals surface area (Å²) in [5.41, 5.74) is 0. The number of amides is 1. The van der Waals surface area contributed by atoms with E-state index in [1.807, 2.05) is 0 Å². The number of unbranched alkanes of at least 4 members (excludes halogenated alkanes) is 43. The average molecular weight is 987 g/mol. The van der Waals surface area contributed by atoms with Crippen molar-refractivity contribution < 1.29 is 25.2 Å². The van der Waals surface area contributed by atoms with Gasteiger partial charge in [-0.2, -0.15) is 0 Å². The van der Waals surface area contributed by atoms with Gasteiger partial charge >= 0.3 is 0 Å². The Morgan fingerprint density at radius 1 is 0.343 bits per heavy atom. The van der Waals surface area contributed by atoms with Crippen LogP contribution in [0.4, 0.5) is 0 Å². The Morgan fingerprint density at radius 2 is 0.600 bits per heavy atom. The normalized spacial score (nSPS) is 13.9. The van der Waals surface area contributed by atoms with Crippen LogP contribution in [0.15, 0.2) is 36.5 Å². The number of nitrogens with one attached hydrogen (secondary N) is 1.